The third-order valence-electron chi connectivity index (χ3n) is 5.09. The summed E-state index contributed by atoms with van der Waals surface area (Å²) in [5.74, 6) is 0.709. The van der Waals surface area contributed by atoms with Gasteiger partial charge < -0.3 is 24.6 Å². The Balaban J connectivity index is 1.60. The summed E-state index contributed by atoms with van der Waals surface area (Å²) in [5, 5.41) is 2.88. The Kier molecular flexibility index (Phi) is 6.72. The van der Waals surface area contributed by atoms with E-state index in [1.165, 1.54) is 14.2 Å². The molecule has 0 aromatic heterocycles. The first kappa shape index (κ1) is 20.7. The summed E-state index contributed by atoms with van der Waals surface area (Å²) in [7, 11) is 5.10. The molecule has 1 aliphatic rings. The number of hydrogen-bond acceptors (Lipinski definition) is 5. The highest BCUT2D eigenvalue weighted by Crippen LogP contribution is 2.30. The van der Waals surface area contributed by atoms with E-state index in [1.54, 1.807) is 18.2 Å². The van der Waals surface area contributed by atoms with Crippen molar-refractivity contribution in [2.24, 2.45) is 0 Å². The summed E-state index contributed by atoms with van der Waals surface area (Å²) < 4.78 is 10.6. The van der Waals surface area contributed by atoms with E-state index in [-0.39, 0.29) is 11.8 Å². The molecule has 7 nitrogen and oxygen atoms in total. The van der Waals surface area contributed by atoms with Gasteiger partial charge in [0.2, 0.25) is 0 Å². The SMILES string of the molecule is COc1cccc(C(=O)NCc2ccc(C(=O)N3CCN(C)CC3)cc2)c1OC. The number of carbonyl (C=O) groups is 2. The maximum atomic E-state index is 12.6. The number of nitrogens with zero attached hydrogens (tertiary/aromatic N) is 2. The molecule has 1 saturated heterocycles. The fraction of sp³-hybridized carbons (Fsp3) is 0.364. The van der Waals surface area contributed by atoms with Crippen molar-refractivity contribution >= 4 is 11.8 Å². The van der Waals surface area contributed by atoms with Gasteiger partial charge in [-0.3, -0.25) is 9.59 Å². The van der Waals surface area contributed by atoms with E-state index in [0.717, 1.165) is 31.7 Å². The van der Waals surface area contributed by atoms with Crippen molar-refractivity contribution in [1.82, 2.24) is 15.1 Å². The topological polar surface area (TPSA) is 71.1 Å². The first-order valence-electron chi connectivity index (χ1n) is 9.59. The van der Waals surface area contributed by atoms with E-state index in [1.807, 2.05) is 29.2 Å². The zero-order valence-electron chi connectivity index (χ0n) is 17.1. The molecule has 1 N–H and O–H groups in total. The molecule has 2 aromatic rings. The fourth-order valence-electron chi connectivity index (χ4n) is 3.30. The summed E-state index contributed by atoms with van der Waals surface area (Å²) in [6, 6.07) is 12.5. The molecule has 7 heteroatoms. The molecule has 0 atom stereocenters. The van der Waals surface area contributed by atoms with Crippen LogP contribution in [0.2, 0.25) is 0 Å². The lowest BCUT2D eigenvalue weighted by atomic mass is 10.1. The third-order valence-corrected chi connectivity index (χ3v) is 5.09. The molecule has 29 heavy (non-hydrogen) atoms. The number of nitrogens with one attached hydrogen (secondary N) is 1. The summed E-state index contributed by atoms with van der Waals surface area (Å²) in [4.78, 5) is 29.3. The van der Waals surface area contributed by atoms with E-state index >= 15 is 0 Å². The molecular formula is C22H27N3O4. The number of hydrogen-bond donors (Lipinski definition) is 1. The van der Waals surface area contributed by atoms with E-state index in [0.29, 0.717) is 29.2 Å². The van der Waals surface area contributed by atoms with Crippen LogP contribution in [-0.4, -0.2) is 69.1 Å². The third kappa shape index (κ3) is 4.86. The molecule has 0 aliphatic carbocycles. The molecule has 154 valence electrons. The number of benzene rings is 2. The van der Waals surface area contributed by atoms with Crippen molar-refractivity contribution in [2.75, 3.05) is 47.4 Å². The number of rotatable bonds is 6. The minimum absolute atomic E-state index is 0.0507. The first-order valence-corrected chi connectivity index (χ1v) is 9.59. The lowest BCUT2D eigenvalue weighted by molar-refractivity contribution is 0.0664. The van der Waals surface area contributed by atoms with Gasteiger partial charge in [-0.1, -0.05) is 18.2 Å². The normalized spacial score (nSPS) is 14.4. The second-order valence-electron chi connectivity index (χ2n) is 7.02. The van der Waals surface area contributed by atoms with Gasteiger partial charge in [-0.15, -0.1) is 0 Å². The van der Waals surface area contributed by atoms with E-state index in [9.17, 15) is 9.59 Å². The van der Waals surface area contributed by atoms with Gasteiger partial charge in [-0.05, 0) is 36.9 Å². The van der Waals surface area contributed by atoms with Gasteiger partial charge in [0.05, 0.1) is 19.8 Å². The van der Waals surface area contributed by atoms with Crippen LogP contribution in [0.4, 0.5) is 0 Å². The number of amides is 2. The minimum atomic E-state index is -0.252. The van der Waals surface area contributed by atoms with Gasteiger partial charge in [0.1, 0.15) is 0 Å². The van der Waals surface area contributed by atoms with Gasteiger partial charge in [-0.2, -0.15) is 0 Å². The van der Waals surface area contributed by atoms with E-state index < -0.39 is 0 Å². The molecular weight excluding hydrogens is 370 g/mol. The van der Waals surface area contributed by atoms with Crippen molar-refractivity contribution in [3.63, 3.8) is 0 Å². The molecule has 3 rings (SSSR count). The number of methoxy groups -OCH3 is 2. The number of ether oxygens (including phenoxy) is 2. The van der Waals surface area contributed by atoms with Crippen LogP contribution >= 0.6 is 0 Å². The highest BCUT2D eigenvalue weighted by Gasteiger charge is 2.20. The van der Waals surface area contributed by atoms with Crippen LogP contribution in [0.25, 0.3) is 0 Å². The number of para-hydroxylation sites is 1. The van der Waals surface area contributed by atoms with Crippen molar-refractivity contribution < 1.29 is 19.1 Å². The molecule has 0 saturated carbocycles. The van der Waals surface area contributed by atoms with Gasteiger partial charge in [-0.25, -0.2) is 0 Å². The Morgan fingerprint density at radius 2 is 1.66 bits per heavy atom. The van der Waals surface area contributed by atoms with Gasteiger partial charge in [0, 0.05) is 38.3 Å². The fourth-order valence-corrected chi connectivity index (χ4v) is 3.30. The Bertz CT molecular complexity index is 859. The minimum Gasteiger partial charge on any atom is -0.493 e. The molecule has 0 radical (unpaired) electrons. The largest absolute Gasteiger partial charge is 0.493 e. The van der Waals surface area contributed by atoms with Crippen LogP contribution in [0.15, 0.2) is 42.5 Å². The van der Waals surface area contributed by atoms with E-state index in [2.05, 4.69) is 17.3 Å². The molecule has 2 aromatic carbocycles. The smallest absolute Gasteiger partial charge is 0.255 e. The monoisotopic (exact) mass is 397 g/mol. The van der Waals surface area contributed by atoms with Crippen LogP contribution < -0.4 is 14.8 Å². The average molecular weight is 397 g/mol. The van der Waals surface area contributed by atoms with Crippen LogP contribution in [0, 0.1) is 0 Å². The lowest BCUT2D eigenvalue weighted by Crippen LogP contribution is -2.47. The predicted octanol–water partition coefficient (Wildman–Crippen LogP) is 2.02. The highest BCUT2D eigenvalue weighted by molar-refractivity contribution is 5.98. The summed E-state index contributed by atoms with van der Waals surface area (Å²) in [6.07, 6.45) is 0. The second kappa shape index (κ2) is 9.43. The number of piperazine rings is 1. The van der Waals surface area contributed by atoms with Crippen molar-refractivity contribution in [2.45, 2.75) is 6.54 Å². The molecule has 0 bridgehead atoms. The van der Waals surface area contributed by atoms with Crippen molar-refractivity contribution in [3.8, 4) is 11.5 Å². The molecule has 1 fully saturated rings. The highest BCUT2D eigenvalue weighted by atomic mass is 16.5. The summed E-state index contributed by atoms with van der Waals surface area (Å²) in [5.41, 5.74) is 1.99. The van der Waals surface area contributed by atoms with Gasteiger partial charge in [0.25, 0.3) is 11.8 Å². The first-order chi connectivity index (χ1) is 14.0. The van der Waals surface area contributed by atoms with Crippen LogP contribution in [-0.2, 0) is 6.54 Å². The zero-order valence-corrected chi connectivity index (χ0v) is 17.1. The van der Waals surface area contributed by atoms with Crippen molar-refractivity contribution in [1.29, 1.82) is 0 Å². The maximum Gasteiger partial charge on any atom is 0.255 e. The quantitative estimate of drug-likeness (QED) is 0.808. The number of carbonyl (C=O) groups excluding carboxylic acids is 2. The lowest BCUT2D eigenvalue weighted by Gasteiger charge is -2.32. The predicted molar refractivity (Wildman–Crippen MR) is 111 cm³/mol. The van der Waals surface area contributed by atoms with Crippen LogP contribution in [0.1, 0.15) is 26.3 Å². The van der Waals surface area contributed by atoms with Crippen LogP contribution in [0.3, 0.4) is 0 Å². The Morgan fingerprint density at radius 3 is 2.28 bits per heavy atom. The molecule has 2 amide bonds. The standard InChI is InChI=1S/C22H27N3O4/c1-24-11-13-25(14-12-24)22(27)17-9-7-16(8-10-17)15-23-21(26)18-5-4-6-19(28-2)20(18)29-3/h4-10H,11-15H2,1-3H3,(H,23,26). The molecule has 0 unspecified atom stereocenters. The Labute approximate surface area is 171 Å². The number of likely N-dealkylation sites (N-methyl/N-ethyl adjacent to an activating group) is 1. The second-order valence-corrected chi connectivity index (χ2v) is 7.02. The molecule has 1 heterocycles. The van der Waals surface area contributed by atoms with Gasteiger partial charge >= 0.3 is 0 Å². The Morgan fingerprint density at radius 1 is 0.966 bits per heavy atom. The Hall–Kier alpha value is -3.06. The zero-order chi connectivity index (χ0) is 20.8. The van der Waals surface area contributed by atoms with Crippen LogP contribution in [0.5, 0.6) is 11.5 Å². The van der Waals surface area contributed by atoms with Gasteiger partial charge in [0.15, 0.2) is 11.5 Å². The maximum absolute atomic E-state index is 12.6. The molecule has 0 spiro atoms. The summed E-state index contributed by atoms with van der Waals surface area (Å²) >= 11 is 0. The summed E-state index contributed by atoms with van der Waals surface area (Å²) in [6.45, 7) is 3.63. The average Bonchev–Trinajstić information content (AvgIpc) is 2.77. The van der Waals surface area contributed by atoms with E-state index in [4.69, 9.17) is 9.47 Å². The van der Waals surface area contributed by atoms with Crippen molar-refractivity contribution in [3.05, 3.63) is 59.2 Å². The molecule has 1 aliphatic heterocycles.